The lowest BCUT2D eigenvalue weighted by molar-refractivity contribution is -0.384. The molecule has 1 atom stereocenters. The van der Waals surface area contributed by atoms with Crippen LogP contribution < -0.4 is 10.2 Å². The number of benzene rings is 1. The molecular formula is C19H28N4O3. The molecule has 0 aromatic heterocycles. The van der Waals surface area contributed by atoms with Gasteiger partial charge in [-0.1, -0.05) is 25.0 Å². The van der Waals surface area contributed by atoms with Gasteiger partial charge in [-0.3, -0.25) is 19.8 Å². The second-order valence-electron chi connectivity index (χ2n) is 7.39. The summed E-state index contributed by atoms with van der Waals surface area (Å²) in [5.41, 5.74) is 1.78. The van der Waals surface area contributed by atoms with Crippen LogP contribution in [0.15, 0.2) is 18.2 Å². The Morgan fingerprint density at radius 1 is 1.23 bits per heavy atom. The van der Waals surface area contributed by atoms with Crippen molar-refractivity contribution in [3.63, 3.8) is 0 Å². The fourth-order valence-electron chi connectivity index (χ4n) is 4.09. The van der Waals surface area contributed by atoms with Gasteiger partial charge in [-0.25, -0.2) is 0 Å². The molecule has 0 bridgehead atoms. The molecule has 7 nitrogen and oxygen atoms in total. The van der Waals surface area contributed by atoms with Gasteiger partial charge in [0.2, 0.25) is 5.91 Å². The number of nitro benzene ring substituents is 1. The number of anilines is 1. The minimum absolute atomic E-state index is 0.104. The average Bonchev–Trinajstić information content (AvgIpc) is 3.14. The van der Waals surface area contributed by atoms with Crippen molar-refractivity contribution in [2.45, 2.75) is 51.6 Å². The monoisotopic (exact) mass is 360 g/mol. The van der Waals surface area contributed by atoms with Crippen molar-refractivity contribution >= 4 is 17.3 Å². The van der Waals surface area contributed by atoms with Gasteiger partial charge in [0.05, 0.1) is 11.0 Å². The number of carbonyl (C=O) groups is 1. The summed E-state index contributed by atoms with van der Waals surface area (Å²) in [6, 6.07) is 5.37. The highest BCUT2D eigenvalue weighted by atomic mass is 16.6. The Kier molecular flexibility index (Phi) is 5.76. The van der Waals surface area contributed by atoms with Crippen LogP contribution in [0.5, 0.6) is 0 Å². The number of nitrogens with one attached hydrogen (secondary N) is 1. The zero-order chi connectivity index (χ0) is 18.7. The molecule has 3 rings (SSSR count). The summed E-state index contributed by atoms with van der Waals surface area (Å²) in [6.45, 7) is 6.69. The molecule has 1 N–H and O–H groups in total. The highest BCUT2D eigenvalue weighted by molar-refractivity contribution is 5.81. The van der Waals surface area contributed by atoms with Gasteiger partial charge < -0.3 is 10.2 Å². The predicted octanol–water partition coefficient (Wildman–Crippen LogP) is 2.47. The van der Waals surface area contributed by atoms with E-state index in [1.165, 1.54) is 12.8 Å². The van der Waals surface area contributed by atoms with Crippen molar-refractivity contribution in [3.8, 4) is 0 Å². The lowest BCUT2D eigenvalue weighted by Gasteiger charge is -2.39. The van der Waals surface area contributed by atoms with Crippen LogP contribution >= 0.6 is 0 Å². The third-order valence-electron chi connectivity index (χ3n) is 5.67. The Morgan fingerprint density at radius 2 is 1.88 bits per heavy atom. The van der Waals surface area contributed by atoms with Crippen LogP contribution in [0.1, 0.15) is 38.2 Å². The smallest absolute Gasteiger partial charge is 0.292 e. The molecule has 1 aliphatic heterocycles. The van der Waals surface area contributed by atoms with Crippen molar-refractivity contribution in [2.24, 2.45) is 0 Å². The maximum atomic E-state index is 12.5. The molecule has 1 saturated heterocycles. The normalized spacial score (nSPS) is 20.2. The summed E-state index contributed by atoms with van der Waals surface area (Å²) in [5.74, 6) is 0.104. The standard InChI is InChI=1S/C19H28N4O3/c1-14-6-5-9-17(23(25)26)18(14)22-12-10-21(11-13-22)15(2)19(24)20-16-7-3-4-8-16/h5-6,9,15-16H,3-4,7-8,10-13H2,1-2H3,(H,20,24). The van der Waals surface area contributed by atoms with Crippen molar-refractivity contribution in [3.05, 3.63) is 33.9 Å². The number of hydrogen-bond acceptors (Lipinski definition) is 5. The number of amides is 1. The van der Waals surface area contributed by atoms with Crippen LogP contribution in [0.25, 0.3) is 0 Å². The summed E-state index contributed by atoms with van der Waals surface area (Å²) in [4.78, 5) is 27.8. The second kappa shape index (κ2) is 8.03. The van der Waals surface area contributed by atoms with E-state index < -0.39 is 0 Å². The molecule has 1 aromatic carbocycles. The zero-order valence-electron chi connectivity index (χ0n) is 15.6. The van der Waals surface area contributed by atoms with E-state index in [1.54, 1.807) is 12.1 Å². The third kappa shape index (κ3) is 3.98. The Labute approximate surface area is 154 Å². The maximum absolute atomic E-state index is 12.5. The number of para-hydroxylation sites is 1. The van der Waals surface area contributed by atoms with E-state index in [0.29, 0.717) is 24.8 Å². The molecular weight excluding hydrogens is 332 g/mol. The number of rotatable bonds is 5. The first-order valence-corrected chi connectivity index (χ1v) is 9.50. The second-order valence-corrected chi connectivity index (χ2v) is 7.39. The van der Waals surface area contributed by atoms with E-state index >= 15 is 0 Å². The number of nitrogens with zero attached hydrogens (tertiary/aromatic N) is 3. The summed E-state index contributed by atoms with van der Waals surface area (Å²) < 4.78 is 0. The molecule has 2 aliphatic rings. The van der Waals surface area contributed by atoms with E-state index in [0.717, 1.165) is 31.5 Å². The number of carbonyl (C=O) groups excluding carboxylic acids is 1. The summed E-state index contributed by atoms with van der Waals surface area (Å²) >= 11 is 0. The van der Waals surface area contributed by atoms with Gasteiger partial charge in [0.15, 0.2) is 0 Å². The Hall–Kier alpha value is -2.15. The van der Waals surface area contributed by atoms with Gasteiger partial charge in [-0.2, -0.15) is 0 Å². The van der Waals surface area contributed by atoms with Crippen molar-refractivity contribution in [1.82, 2.24) is 10.2 Å². The van der Waals surface area contributed by atoms with Gasteiger partial charge in [0, 0.05) is 38.3 Å². The predicted molar refractivity (Wildman–Crippen MR) is 101 cm³/mol. The lowest BCUT2D eigenvalue weighted by atomic mass is 10.1. The summed E-state index contributed by atoms with van der Waals surface area (Å²) in [7, 11) is 0. The molecule has 0 spiro atoms. The average molecular weight is 360 g/mol. The molecule has 1 aromatic rings. The third-order valence-corrected chi connectivity index (χ3v) is 5.67. The van der Waals surface area contributed by atoms with Gasteiger partial charge in [0.25, 0.3) is 5.69 Å². The summed E-state index contributed by atoms with van der Waals surface area (Å²) in [6.07, 6.45) is 4.58. The van der Waals surface area contributed by atoms with E-state index in [-0.39, 0.29) is 22.6 Å². The van der Waals surface area contributed by atoms with Crippen LogP contribution in [-0.4, -0.2) is 54.0 Å². The first kappa shape index (κ1) is 18.6. The van der Waals surface area contributed by atoms with Gasteiger partial charge in [-0.15, -0.1) is 0 Å². The van der Waals surface area contributed by atoms with Crippen LogP contribution in [0.2, 0.25) is 0 Å². The largest absolute Gasteiger partial charge is 0.363 e. The highest BCUT2D eigenvalue weighted by Crippen LogP contribution is 2.32. The molecule has 142 valence electrons. The Morgan fingerprint density at radius 3 is 2.50 bits per heavy atom. The number of aryl methyl sites for hydroxylation is 1. The zero-order valence-corrected chi connectivity index (χ0v) is 15.6. The highest BCUT2D eigenvalue weighted by Gasteiger charge is 2.30. The molecule has 2 fully saturated rings. The van der Waals surface area contributed by atoms with E-state index in [1.807, 2.05) is 19.9 Å². The van der Waals surface area contributed by atoms with Gasteiger partial charge in [0.1, 0.15) is 5.69 Å². The molecule has 7 heteroatoms. The molecule has 0 radical (unpaired) electrons. The fourth-order valence-corrected chi connectivity index (χ4v) is 4.09. The minimum atomic E-state index is -0.313. The Bertz CT molecular complexity index is 665. The molecule has 26 heavy (non-hydrogen) atoms. The lowest BCUT2D eigenvalue weighted by Crippen LogP contribution is -2.55. The van der Waals surface area contributed by atoms with Gasteiger partial charge >= 0.3 is 0 Å². The maximum Gasteiger partial charge on any atom is 0.292 e. The topological polar surface area (TPSA) is 78.7 Å². The number of hydrogen-bond donors (Lipinski definition) is 1. The quantitative estimate of drug-likeness (QED) is 0.645. The van der Waals surface area contributed by atoms with Crippen LogP contribution in [-0.2, 0) is 4.79 Å². The SMILES string of the molecule is Cc1cccc([N+](=O)[O-])c1N1CCN(C(C)C(=O)NC2CCCC2)CC1. The first-order chi connectivity index (χ1) is 12.5. The Balaban J connectivity index is 1.60. The molecule has 1 heterocycles. The van der Waals surface area contributed by atoms with Crippen LogP contribution in [0, 0.1) is 17.0 Å². The van der Waals surface area contributed by atoms with Crippen LogP contribution in [0.4, 0.5) is 11.4 Å². The minimum Gasteiger partial charge on any atom is -0.363 e. The molecule has 1 unspecified atom stereocenters. The van der Waals surface area contributed by atoms with Crippen molar-refractivity contribution in [1.29, 1.82) is 0 Å². The number of nitro groups is 1. The van der Waals surface area contributed by atoms with Gasteiger partial charge in [-0.05, 0) is 32.3 Å². The van der Waals surface area contributed by atoms with E-state index in [4.69, 9.17) is 0 Å². The van der Waals surface area contributed by atoms with E-state index in [2.05, 4.69) is 15.1 Å². The fraction of sp³-hybridized carbons (Fsp3) is 0.632. The van der Waals surface area contributed by atoms with Crippen molar-refractivity contribution < 1.29 is 9.72 Å². The van der Waals surface area contributed by atoms with Crippen molar-refractivity contribution in [2.75, 3.05) is 31.1 Å². The number of piperazine rings is 1. The molecule has 1 aliphatic carbocycles. The van der Waals surface area contributed by atoms with Crippen LogP contribution in [0.3, 0.4) is 0 Å². The van der Waals surface area contributed by atoms with E-state index in [9.17, 15) is 14.9 Å². The first-order valence-electron chi connectivity index (χ1n) is 9.50. The molecule has 1 saturated carbocycles. The summed E-state index contributed by atoms with van der Waals surface area (Å²) in [5, 5.41) is 14.5. The molecule has 1 amide bonds.